The van der Waals surface area contributed by atoms with Crippen molar-refractivity contribution in [2.75, 3.05) is 44.2 Å². The topological polar surface area (TPSA) is 58.8 Å². The maximum Gasteiger partial charge on any atom is 0.270 e. The monoisotopic (exact) mass is 535 g/mol. The zero-order chi connectivity index (χ0) is 24.6. The number of hydrogen-bond acceptors (Lipinski definition) is 5. The fourth-order valence-corrected chi connectivity index (χ4v) is 4.64. The Morgan fingerprint density at radius 3 is 2.49 bits per heavy atom. The highest BCUT2D eigenvalue weighted by Crippen LogP contribution is 2.27. The first-order chi connectivity index (χ1) is 17.0. The zero-order valence-corrected chi connectivity index (χ0v) is 21.5. The maximum absolute atomic E-state index is 11.3. The molecule has 0 N–H and O–H groups in total. The number of piperazine rings is 1. The van der Waals surface area contributed by atoms with Crippen molar-refractivity contribution in [2.24, 2.45) is 0 Å². The fraction of sp³-hybridized carbons (Fsp3) is 0.286. The van der Waals surface area contributed by atoms with Gasteiger partial charge in [-0.2, -0.15) is 0 Å². The number of nitrogens with zero attached hydrogens (tertiary/aromatic N) is 3. The molecule has 7 heteroatoms. The lowest BCUT2D eigenvalue weighted by molar-refractivity contribution is -0.384. The van der Waals surface area contributed by atoms with Crippen LogP contribution in [0.2, 0.25) is 0 Å². The Labute approximate surface area is 215 Å². The van der Waals surface area contributed by atoms with Gasteiger partial charge in [0.05, 0.1) is 11.5 Å². The number of benzene rings is 3. The van der Waals surface area contributed by atoms with Crippen molar-refractivity contribution in [2.45, 2.75) is 13.3 Å². The summed E-state index contributed by atoms with van der Waals surface area (Å²) in [6.45, 7) is 7.78. The van der Waals surface area contributed by atoms with E-state index in [4.69, 9.17) is 4.74 Å². The Hall–Kier alpha value is -3.16. The quantitative estimate of drug-likeness (QED) is 0.137. The number of nitro benzene ring substituents is 1. The summed E-state index contributed by atoms with van der Waals surface area (Å²) in [5, 5.41) is 11.3. The predicted molar refractivity (Wildman–Crippen MR) is 146 cm³/mol. The van der Waals surface area contributed by atoms with Crippen LogP contribution >= 0.6 is 15.9 Å². The third-order valence-corrected chi connectivity index (χ3v) is 6.89. The molecule has 3 aromatic carbocycles. The molecule has 35 heavy (non-hydrogen) atoms. The molecule has 1 aliphatic rings. The summed E-state index contributed by atoms with van der Waals surface area (Å²) in [4.78, 5) is 15.8. The number of aryl methyl sites for hydroxylation is 1. The predicted octanol–water partition coefficient (Wildman–Crippen LogP) is 6.43. The van der Waals surface area contributed by atoms with Crippen molar-refractivity contribution in [3.63, 3.8) is 0 Å². The molecule has 0 atom stereocenters. The van der Waals surface area contributed by atoms with Crippen LogP contribution in [0.5, 0.6) is 5.75 Å². The van der Waals surface area contributed by atoms with E-state index in [-0.39, 0.29) is 10.6 Å². The molecule has 0 amide bonds. The van der Waals surface area contributed by atoms with Crippen molar-refractivity contribution in [1.29, 1.82) is 0 Å². The summed E-state index contributed by atoms with van der Waals surface area (Å²) in [5.41, 5.74) is 4.33. The molecule has 6 nitrogen and oxygen atoms in total. The molecule has 0 spiro atoms. The molecule has 1 fully saturated rings. The standard InChI is InChI=1S/C28H30BrN3O3/c1-22-6-4-8-25(20-22)31-17-15-30(16-18-31)14-5-19-35-28-13-12-26(32(33)34)21-24(28)11-10-23-7-2-3-9-27(23)29/h2-4,6-13,20-21H,5,14-19H2,1H3/b11-10+. The van der Waals surface area contributed by atoms with Crippen LogP contribution in [0.1, 0.15) is 23.1 Å². The van der Waals surface area contributed by atoms with Gasteiger partial charge in [0.2, 0.25) is 0 Å². The van der Waals surface area contributed by atoms with Gasteiger partial charge in [-0.25, -0.2) is 0 Å². The summed E-state index contributed by atoms with van der Waals surface area (Å²) in [6.07, 6.45) is 4.70. The molecule has 0 radical (unpaired) electrons. The van der Waals surface area contributed by atoms with Gasteiger partial charge in [0, 0.05) is 60.6 Å². The second-order valence-corrected chi connectivity index (χ2v) is 9.56. The lowest BCUT2D eigenvalue weighted by atomic mass is 10.1. The van der Waals surface area contributed by atoms with Gasteiger partial charge < -0.3 is 9.64 Å². The highest BCUT2D eigenvalue weighted by molar-refractivity contribution is 9.10. The molecule has 0 aliphatic carbocycles. The highest BCUT2D eigenvalue weighted by atomic mass is 79.9. The molecular weight excluding hydrogens is 506 g/mol. The van der Waals surface area contributed by atoms with Crippen LogP contribution in [0.3, 0.4) is 0 Å². The van der Waals surface area contributed by atoms with Gasteiger partial charge in [-0.05, 0) is 48.7 Å². The van der Waals surface area contributed by atoms with Gasteiger partial charge in [0.25, 0.3) is 5.69 Å². The highest BCUT2D eigenvalue weighted by Gasteiger charge is 2.17. The Morgan fingerprint density at radius 2 is 1.74 bits per heavy atom. The van der Waals surface area contributed by atoms with E-state index in [1.54, 1.807) is 12.1 Å². The van der Waals surface area contributed by atoms with Crippen LogP contribution in [0, 0.1) is 17.0 Å². The fourth-order valence-electron chi connectivity index (χ4n) is 4.23. The van der Waals surface area contributed by atoms with E-state index in [1.165, 1.54) is 17.3 Å². The van der Waals surface area contributed by atoms with Crippen LogP contribution in [-0.4, -0.2) is 49.2 Å². The van der Waals surface area contributed by atoms with E-state index in [0.717, 1.165) is 49.2 Å². The van der Waals surface area contributed by atoms with Gasteiger partial charge in [0.1, 0.15) is 5.75 Å². The van der Waals surface area contributed by atoms with E-state index < -0.39 is 0 Å². The minimum absolute atomic E-state index is 0.0515. The number of ether oxygens (including phenoxy) is 1. The first-order valence-corrected chi connectivity index (χ1v) is 12.7. The largest absolute Gasteiger partial charge is 0.493 e. The number of anilines is 1. The van der Waals surface area contributed by atoms with Crippen molar-refractivity contribution >= 4 is 39.5 Å². The van der Waals surface area contributed by atoms with Crippen LogP contribution in [-0.2, 0) is 0 Å². The van der Waals surface area contributed by atoms with E-state index in [9.17, 15) is 10.1 Å². The summed E-state index contributed by atoms with van der Waals surface area (Å²) in [6, 6.07) is 21.3. The Bertz CT molecular complexity index is 1190. The number of hydrogen-bond donors (Lipinski definition) is 0. The van der Waals surface area contributed by atoms with Gasteiger partial charge >= 0.3 is 0 Å². The molecule has 182 valence electrons. The molecule has 4 rings (SSSR count). The molecule has 3 aromatic rings. The van der Waals surface area contributed by atoms with Gasteiger partial charge in [0.15, 0.2) is 0 Å². The van der Waals surface area contributed by atoms with Crippen LogP contribution in [0.4, 0.5) is 11.4 Å². The second kappa shape index (κ2) is 12.0. The number of non-ortho nitro benzene ring substituents is 1. The first-order valence-electron chi connectivity index (χ1n) is 11.9. The maximum atomic E-state index is 11.3. The molecule has 1 saturated heterocycles. The van der Waals surface area contributed by atoms with Crippen molar-refractivity contribution in [3.8, 4) is 5.75 Å². The molecule has 0 aromatic heterocycles. The van der Waals surface area contributed by atoms with Crippen LogP contribution in [0.15, 0.2) is 71.2 Å². The first kappa shape index (κ1) is 24.9. The zero-order valence-electron chi connectivity index (χ0n) is 19.9. The second-order valence-electron chi connectivity index (χ2n) is 8.70. The van der Waals surface area contributed by atoms with E-state index in [1.807, 2.05) is 36.4 Å². The van der Waals surface area contributed by atoms with E-state index in [0.29, 0.717) is 17.9 Å². The molecule has 1 aliphatic heterocycles. The summed E-state index contributed by atoms with van der Waals surface area (Å²) >= 11 is 3.54. The van der Waals surface area contributed by atoms with Crippen molar-refractivity contribution in [1.82, 2.24) is 4.90 Å². The molecule has 0 unspecified atom stereocenters. The summed E-state index contributed by atoms with van der Waals surface area (Å²) < 4.78 is 7.03. The smallest absolute Gasteiger partial charge is 0.270 e. The number of rotatable bonds is 9. The number of halogens is 1. The lowest BCUT2D eigenvalue weighted by Gasteiger charge is -2.36. The van der Waals surface area contributed by atoms with Gasteiger partial charge in [-0.1, -0.05) is 58.4 Å². The normalized spacial score (nSPS) is 14.4. The molecule has 1 heterocycles. The molecule has 0 bridgehead atoms. The molecule has 0 saturated carbocycles. The van der Waals surface area contributed by atoms with E-state index >= 15 is 0 Å². The van der Waals surface area contributed by atoms with Crippen LogP contribution in [0.25, 0.3) is 12.2 Å². The SMILES string of the molecule is Cc1cccc(N2CCN(CCCOc3ccc([N+](=O)[O-])cc3/C=C/c3ccccc3Br)CC2)c1. The minimum atomic E-state index is -0.379. The minimum Gasteiger partial charge on any atom is -0.493 e. The Morgan fingerprint density at radius 1 is 0.971 bits per heavy atom. The summed E-state index contributed by atoms with van der Waals surface area (Å²) in [5.74, 6) is 0.656. The van der Waals surface area contributed by atoms with Gasteiger partial charge in [-0.3, -0.25) is 15.0 Å². The molecular formula is C28H30BrN3O3. The average molecular weight is 536 g/mol. The third kappa shape index (κ3) is 6.93. The summed E-state index contributed by atoms with van der Waals surface area (Å²) in [7, 11) is 0. The van der Waals surface area contributed by atoms with Crippen molar-refractivity contribution < 1.29 is 9.66 Å². The van der Waals surface area contributed by atoms with Crippen LogP contribution < -0.4 is 9.64 Å². The third-order valence-electron chi connectivity index (χ3n) is 6.17. The average Bonchev–Trinajstić information content (AvgIpc) is 2.87. The van der Waals surface area contributed by atoms with Crippen molar-refractivity contribution in [3.05, 3.63) is 98.0 Å². The van der Waals surface area contributed by atoms with Gasteiger partial charge in [-0.15, -0.1) is 0 Å². The van der Waals surface area contributed by atoms with E-state index in [2.05, 4.69) is 56.9 Å². The Kier molecular flexibility index (Phi) is 8.55. The lowest BCUT2D eigenvalue weighted by Crippen LogP contribution is -2.46. The Balaban J connectivity index is 1.31. The number of nitro groups is 1.